The van der Waals surface area contributed by atoms with Gasteiger partial charge in [-0.2, -0.15) is 18.8 Å². The summed E-state index contributed by atoms with van der Waals surface area (Å²) in [6, 6.07) is 27.2. The third-order valence-corrected chi connectivity index (χ3v) is 6.63. The number of rotatable bonds is 8. The molecule has 2 heterocycles. The minimum absolute atomic E-state index is 0.0861. The van der Waals surface area contributed by atoms with Crippen molar-refractivity contribution in [2.75, 3.05) is 6.26 Å². The second-order valence-corrected chi connectivity index (χ2v) is 10.7. The third kappa shape index (κ3) is 6.35. The van der Waals surface area contributed by atoms with Crippen LogP contribution in [0.2, 0.25) is 0 Å². The highest BCUT2D eigenvalue weighted by Gasteiger charge is 2.11. The zero-order valence-corrected chi connectivity index (χ0v) is 22.2. The van der Waals surface area contributed by atoms with Gasteiger partial charge < -0.3 is 0 Å². The molecule has 0 saturated heterocycles. The molecule has 0 radical (unpaired) electrons. The van der Waals surface area contributed by atoms with Crippen LogP contribution < -0.4 is 5.56 Å². The first-order valence-electron chi connectivity index (χ1n) is 12.2. The van der Waals surface area contributed by atoms with Crippen molar-refractivity contribution in [1.29, 1.82) is 5.26 Å². The van der Waals surface area contributed by atoms with E-state index in [0.29, 0.717) is 22.6 Å². The quantitative estimate of drug-likeness (QED) is 0.260. The third-order valence-electron chi connectivity index (χ3n) is 6.08. The van der Waals surface area contributed by atoms with Gasteiger partial charge in [-0.25, -0.2) is 14.6 Å². The Kier molecular flexibility index (Phi) is 7.59. The lowest BCUT2D eigenvalue weighted by Crippen LogP contribution is -2.22. The number of hydrogen-bond donors (Lipinski definition) is 0. The molecule has 0 N–H and O–H groups in total. The van der Waals surface area contributed by atoms with Crippen molar-refractivity contribution in [3.63, 3.8) is 0 Å². The van der Waals surface area contributed by atoms with Gasteiger partial charge in [-0.1, -0.05) is 54.6 Å². The molecule has 0 unspecified atom stereocenters. The Morgan fingerprint density at radius 3 is 2.40 bits per heavy atom. The maximum absolute atomic E-state index is 12.6. The topological polar surface area (TPSA) is 128 Å². The van der Waals surface area contributed by atoms with E-state index in [2.05, 4.69) is 21.1 Å². The molecule has 5 aromatic rings. The molecule has 2 aromatic heterocycles. The van der Waals surface area contributed by atoms with Crippen LogP contribution in [-0.2, 0) is 27.5 Å². The first kappa shape index (κ1) is 26.6. The van der Waals surface area contributed by atoms with E-state index < -0.39 is 10.1 Å². The lowest BCUT2D eigenvalue weighted by molar-refractivity contribution is 0.312. The first-order chi connectivity index (χ1) is 19.3. The number of nitrogens with zero attached hydrogens (tertiary/aromatic N) is 5. The van der Waals surface area contributed by atoms with Gasteiger partial charge in [0.2, 0.25) is 0 Å². The van der Waals surface area contributed by atoms with Gasteiger partial charge >= 0.3 is 0 Å². The van der Waals surface area contributed by atoms with Crippen LogP contribution >= 0.6 is 0 Å². The predicted octanol–water partition coefficient (Wildman–Crippen LogP) is 4.43. The summed E-state index contributed by atoms with van der Waals surface area (Å²) in [4.78, 5) is 21.6. The van der Waals surface area contributed by atoms with E-state index >= 15 is 0 Å². The number of benzene rings is 3. The maximum atomic E-state index is 12.6. The Bertz CT molecular complexity index is 1900. The fourth-order valence-corrected chi connectivity index (χ4v) is 4.50. The van der Waals surface area contributed by atoms with Crippen LogP contribution in [0.25, 0.3) is 33.8 Å². The van der Waals surface area contributed by atoms with Gasteiger partial charge in [0.05, 0.1) is 36.7 Å². The number of hydrogen-bond acceptors (Lipinski definition) is 8. The standard InChI is InChI=1S/C30H23N5O4S/c1-40(37,38)39-20-25-8-2-3-11-27(25)26-17-32-30(33-18-26)24-10-5-7-22(15-24)19-35-29(36)13-12-28(34-35)23-9-4-6-21(14-23)16-31/h2-15,17-18H,19-20H2,1H3. The van der Waals surface area contributed by atoms with Crippen molar-refractivity contribution in [2.24, 2.45) is 0 Å². The smallest absolute Gasteiger partial charge is 0.267 e. The molecule has 198 valence electrons. The van der Waals surface area contributed by atoms with Gasteiger partial charge in [-0.15, -0.1) is 0 Å². The summed E-state index contributed by atoms with van der Waals surface area (Å²) >= 11 is 0. The Hall–Kier alpha value is -4.98. The lowest BCUT2D eigenvalue weighted by atomic mass is 10.0. The Labute approximate surface area is 231 Å². The van der Waals surface area contributed by atoms with Crippen LogP contribution in [0.1, 0.15) is 16.7 Å². The minimum Gasteiger partial charge on any atom is -0.268 e. The molecule has 0 aliphatic heterocycles. The lowest BCUT2D eigenvalue weighted by Gasteiger charge is -2.10. The fraction of sp³-hybridized carbons (Fsp3) is 0.100. The molecule has 5 rings (SSSR count). The highest BCUT2D eigenvalue weighted by Crippen LogP contribution is 2.25. The predicted molar refractivity (Wildman–Crippen MR) is 150 cm³/mol. The van der Waals surface area contributed by atoms with Crippen molar-refractivity contribution in [1.82, 2.24) is 19.7 Å². The van der Waals surface area contributed by atoms with E-state index in [9.17, 15) is 18.5 Å². The van der Waals surface area contributed by atoms with Crippen LogP contribution in [0.4, 0.5) is 0 Å². The zero-order valence-electron chi connectivity index (χ0n) is 21.4. The zero-order chi connectivity index (χ0) is 28.1. The molecule has 0 amide bonds. The summed E-state index contributed by atoms with van der Waals surface area (Å²) in [5.74, 6) is 0.498. The monoisotopic (exact) mass is 549 g/mol. The molecule has 0 saturated carbocycles. The molecule has 0 aliphatic carbocycles. The van der Waals surface area contributed by atoms with E-state index in [1.807, 2.05) is 48.5 Å². The number of nitriles is 1. The van der Waals surface area contributed by atoms with Gasteiger partial charge in [-0.3, -0.25) is 8.98 Å². The molecule has 9 nitrogen and oxygen atoms in total. The summed E-state index contributed by atoms with van der Waals surface area (Å²) in [5.41, 5.74) is 5.41. The van der Waals surface area contributed by atoms with E-state index in [0.717, 1.165) is 34.1 Å². The molecule has 3 aromatic carbocycles. The normalized spacial score (nSPS) is 11.2. The highest BCUT2D eigenvalue weighted by molar-refractivity contribution is 7.85. The Morgan fingerprint density at radius 1 is 0.875 bits per heavy atom. The summed E-state index contributed by atoms with van der Waals surface area (Å²) in [5, 5.41) is 13.7. The molecular formula is C30H23N5O4S. The minimum atomic E-state index is -3.58. The van der Waals surface area contributed by atoms with Crippen molar-refractivity contribution in [2.45, 2.75) is 13.2 Å². The summed E-state index contributed by atoms with van der Waals surface area (Å²) in [6.45, 7) is 0.154. The van der Waals surface area contributed by atoms with Crippen LogP contribution in [-0.4, -0.2) is 34.4 Å². The van der Waals surface area contributed by atoms with Gasteiger partial charge in [-0.05, 0) is 41.0 Å². The molecule has 0 bridgehead atoms. The molecule has 0 fully saturated rings. The SMILES string of the molecule is CS(=O)(=O)OCc1ccccc1-c1cnc(-c2cccc(Cn3nc(-c4cccc(C#N)c4)ccc3=O)c2)nc1. The van der Waals surface area contributed by atoms with Crippen molar-refractivity contribution < 1.29 is 12.6 Å². The molecule has 0 spiro atoms. The first-order valence-corrected chi connectivity index (χ1v) is 14.0. The summed E-state index contributed by atoms with van der Waals surface area (Å²) < 4.78 is 29.2. The van der Waals surface area contributed by atoms with Gasteiger partial charge in [0.15, 0.2) is 5.82 Å². The van der Waals surface area contributed by atoms with Gasteiger partial charge in [0.25, 0.3) is 15.7 Å². The van der Waals surface area contributed by atoms with Crippen molar-refractivity contribution in [3.8, 4) is 39.8 Å². The average molecular weight is 550 g/mol. The molecule has 0 aliphatic rings. The maximum Gasteiger partial charge on any atom is 0.267 e. The van der Waals surface area contributed by atoms with Gasteiger partial charge in [0, 0.05) is 35.2 Å². The second kappa shape index (κ2) is 11.4. The Morgan fingerprint density at radius 2 is 1.62 bits per heavy atom. The van der Waals surface area contributed by atoms with Crippen LogP contribution in [0, 0.1) is 11.3 Å². The second-order valence-electron chi connectivity index (χ2n) is 9.03. The van der Waals surface area contributed by atoms with Crippen LogP contribution in [0.15, 0.2) is 102 Å². The molecule has 0 atom stereocenters. The highest BCUT2D eigenvalue weighted by atomic mass is 32.2. The summed E-state index contributed by atoms with van der Waals surface area (Å²) in [7, 11) is -3.58. The molecule has 10 heteroatoms. The summed E-state index contributed by atoms with van der Waals surface area (Å²) in [6.07, 6.45) is 4.37. The largest absolute Gasteiger partial charge is 0.268 e. The van der Waals surface area contributed by atoms with Gasteiger partial charge in [0.1, 0.15) is 0 Å². The van der Waals surface area contributed by atoms with E-state index in [-0.39, 0.29) is 18.7 Å². The van der Waals surface area contributed by atoms with E-state index in [1.165, 1.54) is 10.7 Å². The Balaban J connectivity index is 1.38. The van der Waals surface area contributed by atoms with Crippen LogP contribution in [0.5, 0.6) is 0 Å². The van der Waals surface area contributed by atoms with E-state index in [4.69, 9.17) is 4.18 Å². The van der Waals surface area contributed by atoms with Crippen molar-refractivity contribution >= 4 is 10.1 Å². The average Bonchev–Trinajstić information content (AvgIpc) is 2.97. The van der Waals surface area contributed by atoms with Crippen LogP contribution in [0.3, 0.4) is 0 Å². The molecule has 40 heavy (non-hydrogen) atoms. The van der Waals surface area contributed by atoms with Crippen molar-refractivity contribution in [3.05, 3.63) is 124 Å². The number of aromatic nitrogens is 4. The molecular weight excluding hydrogens is 526 g/mol. The van der Waals surface area contributed by atoms with E-state index in [1.54, 1.807) is 42.7 Å². The fourth-order valence-electron chi connectivity index (χ4n) is 4.16.